The van der Waals surface area contributed by atoms with Gasteiger partial charge in [-0.1, -0.05) is 43.2 Å². The molecule has 41 heavy (non-hydrogen) atoms. The summed E-state index contributed by atoms with van der Waals surface area (Å²) in [5.41, 5.74) is 0.958. The Morgan fingerprint density at radius 3 is 2.20 bits per heavy atom. The smallest absolute Gasteiger partial charge is 0.228 e. The number of rotatable bonds is 5. The van der Waals surface area contributed by atoms with Gasteiger partial charge in [0, 0.05) is 61.8 Å². The van der Waals surface area contributed by atoms with Gasteiger partial charge in [0.2, 0.25) is 11.8 Å². The number of halogens is 3. The average molecular weight is 588 g/mol. The van der Waals surface area contributed by atoms with Crippen molar-refractivity contribution in [3.63, 3.8) is 0 Å². The molecule has 0 saturated carbocycles. The van der Waals surface area contributed by atoms with Crippen LogP contribution in [0.4, 0.5) is 8.78 Å². The third-order valence-corrected chi connectivity index (χ3v) is 10.3. The van der Waals surface area contributed by atoms with Crippen molar-refractivity contribution in [3.8, 4) is 0 Å². The Hall–Kier alpha value is -2.25. The molecule has 224 valence electrons. The predicted octanol–water partition coefficient (Wildman–Crippen LogP) is 6.34. The van der Waals surface area contributed by atoms with E-state index in [0.717, 1.165) is 43.5 Å². The number of allylic oxidation sites excluding steroid dienone is 4. The van der Waals surface area contributed by atoms with E-state index in [1.807, 2.05) is 15.9 Å². The van der Waals surface area contributed by atoms with Crippen molar-refractivity contribution in [2.45, 2.75) is 71.8 Å². The Balaban J connectivity index is 1.31. The third-order valence-electron chi connectivity index (χ3n) is 10.0. The summed E-state index contributed by atoms with van der Waals surface area (Å²) >= 11 is 6.51. The molecule has 3 atom stereocenters. The van der Waals surface area contributed by atoms with Gasteiger partial charge in [0.15, 0.2) is 0 Å². The Labute approximate surface area is 248 Å². The van der Waals surface area contributed by atoms with E-state index in [1.54, 1.807) is 0 Å². The molecule has 4 aliphatic rings. The van der Waals surface area contributed by atoms with Crippen LogP contribution in [0.25, 0.3) is 0 Å². The minimum absolute atomic E-state index is 0.0290. The molecule has 0 spiro atoms. The lowest BCUT2D eigenvalue weighted by Crippen LogP contribution is -2.52. The van der Waals surface area contributed by atoms with Gasteiger partial charge in [-0.3, -0.25) is 14.5 Å². The summed E-state index contributed by atoms with van der Waals surface area (Å²) in [4.78, 5) is 33.5. The van der Waals surface area contributed by atoms with Crippen molar-refractivity contribution >= 4 is 23.4 Å². The lowest BCUT2D eigenvalue weighted by Gasteiger charge is -2.45. The third kappa shape index (κ3) is 5.99. The minimum Gasteiger partial charge on any atom is -0.342 e. The van der Waals surface area contributed by atoms with Crippen LogP contribution in [0, 0.1) is 34.8 Å². The van der Waals surface area contributed by atoms with E-state index >= 15 is 0 Å². The second-order valence-corrected chi connectivity index (χ2v) is 14.4. The summed E-state index contributed by atoms with van der Waals surface area (Å²) in [6, 6.07) is 3.71. The number of carbonyl (C=O) groups is 2. The van der Waals surface area contributed by atoms with Crippen molar-refractivity contribution in [1.82, 2.24) is 14.7 Å². The molecule has 5 rings (SSSR count). The summed E-state index contributed by atoms with van der Waals surface area (Å²) in [5, 5.41) is 0.777. The molecule has 8 heteroatoms. The van der Waals surface area contributed by atoms with Gasteiger partial charge in [-0.05, 0) is 76.0 Å². The number of carbonyl (C=O) groups excluding carboxylic acids is 2. The van der Waals surface area contributed by atoms with Gasteiger partial charge in [-0.2, -0.15) is 0 Å². The molecule has 2 amide bonds. The summed E-state index contributed by atoms with van der Waals surface area (Å²) in [7, 11) is 0. The quantitative estimate of drug-likeness (QED) is 0.403. The van der Waals surface area contributed by atoms with Gasteiger partial charge in [0.1, 0.15) is 11.6 Å². The summed E-state index contributed by atoms with van der Waals surface area (Å²) in [6.45, 7) is 14.4. The lowest BCUT2D eigenvalue weighted by atomic mass is 9.66. The number of nitrogens with zero attached hydrogens (tertiary/aromatic N) is 3. The van der Waals surface area contributed by atoms with Gasteiger partial charge < -0.3 is 9.80 Å². The first-order chi connectivity index (χ1) is 19.3. The van der Waals surface area contributed by atoms with E-state index in [-0.39, 0.29) is 41.0 Å². The van der Waals surface area contributed by atoms with Crippen LogP contribution in [0.15, 0.2) is 41.0 Å². The minimum atomic E-state index is -0.608. The average Bonchev–Trinajstić information content (AvgIpc) is 3.33. The van der Waals surface area contributed by atoms with Gasteiger partial charge in [-0.15, -0.1) is 0 Å². The fraction of sp³-hybridized carbons (Fsp3) is 0.636. The molecule has 3 fully saturated rings. The molecule has 5 nitrogen and oxygen atoms in total. The molecule has 3 heterocycles. The second kappa shape index (κ2) is 11.4. The van der Waals surface area contributed by atoms with Gasteiger partial charge >= 0.3 is 0 Å². The molecule has 3 saturated heterocycles. The van der Waals surface area contributed by atoms with Crippen molar-refractivity contribution in [2.75, 3.05) is 39.3 Å². The van der Waals surface area contributed by atoms with E-state index in [1.165, 1.54) is 17.7 Å². The van der Waals surface area contributed by atoms with Crippen LogP contribution in [-0.2, 0) is 9.59 Å². The fourth-order valence-corrected chi connectivity index (χ4v) is 7.46. The van der Waals surface area contributed by atoms with Crippen LogP contribution in [0.1, 0.15) is 71.8 Å². The number of amides is 2. The molecular formula is C33H44ClF2N3O2. The summed E-state index contributed by atoms with van der Waals surface area (Å²) in [6.07, 6.45) is 7.45. The van der Waals surface area contributed by atoms with Gasteiger partial charge in [0.25, 0.3) is 0 Å². The molecule has 0 aromatic heterocycles. The van der Waals surface area contributed by atoms with E-state index < -0.39 is 17.0 Å². The number of piperidine rings is 1. The topological polar surface area (TPSA) is 43.9 Å². The zero-order valence-electron chi connectivity index (χ0n) is 25.1. The maximum absolute atomic E-state index is 14.9. The maximum atomic E-state index is 14.9. The van der Waals surface area contributed by atoms with Gasteiger partial charge in [0.05, 0.1) is 11.3 Å². The number of hydrogen-bond donors (Lipinski definition) is 0. The van der Waals surface area contributed by atoms with Gasteiger partial charge in [-0.25, -0.2) is 8.78 Å². The largest absolute Gasteiger partial charge is 0.342 e. The van der Waals surface area contributed by atoms with Crippen molar-refractivity contribution in [3.05, 3.63) is 58.2 Å². The van der Waals surface area contributed by atoms with E-state index in [9.17, 15) is 18.4 Å². The van der Waals surface area contributed by atoms with Crippen LogP contribution in [-0.4, -0.2) is 71.3 Å². The first-order valence-corrected chi connectivity index (χ1v) is 15.5. The zero-order chi connectivity index (χ0) is 29.7. The molecule has 0 N–H and O–H groups in total. The van der Waals surface area contributed by atoms with Crippen LogP contribution < -0.4 is 0 Å². The highest BCUT2D eigenvalue weighted by atomic mass is 35.5. The van der Waals surface area contributed by atoms with Crippen LogP contribution >= 0.6 is 11.6 Å². The van der Waals surface area contributed by atoms with E-state index in [2.05, 4.69) is 45.6 Å². The first kappa shape index (κ1) is 30.2. The van der Waals surface area contributed by atoms with E-state index in [4.69, 9.17) is 11.6 Å². The molecule has 0 bridgehead atoms. The van der Waals surface area contributed by atoms with Crippen LogP contribution in [0.5, 0.6) is 0 Å². The molecule has 1 aliphatic carbocycles. The Kier molecular flexibility index (Phi) is 8.43. The molecule has 1 aromatic carbocycles. The van der Waals surface area contributed by atoms with E-state index in [0.29, 0.717) is 38.2 Å². The Morgan fingerprint density at radius 1 is 0.927 bits per heavy atom. The number of benzene rings is 1. The highest BCUT2D eigenvalue weighted by Gasteiger charge is 2.47. The highest BCUT2D eigenvalue weighted by Crippen LogP contribution is 2.47. The van der Waals surface area contributed by atoms with Crippen LogP contribution in [0.2, 0.25) is 0 Å². The van der Waals surface area contributed by atoms with Crippen molar-refractivity contribution in [1.29, 1.82) is 0 Å². The fourth-order valence-electron chi connectivity index (χ4n) is 7.24. The maximum Gasteiger partial charge on any atom is 0.228 e. The SMILES string of the molecule is CC(C)(C(=O)N1CCC1)C1CC(Cl)=CC=C1C1CCN(C(=O)[C@@H]2CN(C(C)(C)C)CC2c2ccc(F)cc2F)CC1. The standard InChI is InChI=1S/C33H44ClF2N3O2/c1-32(2,3)39-19-26(25-10-8-23(35)18-29(25)36)27(20-39)30(40)37-15-11-21(12-16-37)24-9-7-22(34)17-28(24)33(4,5)31(41)38-13-6-14-38/h7-10,18,21,26-28H,6,11-17,19-20H2,1-5H3/t26?,27-,28?/m1/s1. The predicted molar refractivity (Wildman–Crippen MR) is 158 cm³/mol. The van der Waals surface area contributed by atoms with Crippen LogP contribution in [0.3, 0.4) is 0 Å². The number of hydrogen-bond acceptors (Lipinski definition) is 3. The Bertz CT molecular complexity index is 1240. The van der Waals surface area contributed by atoms with Crippen molar-refractivity contribution in [2.24, 2.45) is 23.2 Å². The Morgan fingerprint density at radius 2 is 1.61 bits per heavy atom. The molecule has 1 aromatic rings. The first-order valence-electron chi connectivity index (χ1n) is 15.1. The number of likely N-dealkylation sites (tertiary alicyclic amines) is 3. The molecule has 3 aliphatic heterocycles. The molecular weight excluding hydrogens is 544 g/mol. The van der Waals surface area contributed by atoms with Crippen molar-refractivity contribution < 1.29 is 18.4 Å². The highest BCUT2D eigenvalue weighted by molar-refractivity contribution is 6.29. The monoisotopic (exact) mass is 587 g/mol. The zero-order valence-corrected chi connectivity index (χ0v) is 25.8. The lowest BCUT2D eigenvalue weighted by molar-refractivity contribution is -0.146. The molecule has 0 radical (unpaired) electrons. The normalized spacial score (nSPS) is 26.5. The summed E-state index contributed by atoms with van der Waals surface area (Å²) < 4.78 is 28.6. The second-order valence-electron chi connectivity index (χ2n) is 14.0. The molecule has 2 unspecified atom stereocenters. The summed E-state index contributed by atoms with van der Waals surface area (Å²) in [5.74, 6) is -1.36.